The van der Waals surface area contributed by atoms with Crippen LogP contribution in [-0.4, -0.2) is 160 Å². The van der Waals surface area contributed by atoms with Crippen LogP contribution in [0.4, 0.5) is 0 Å². The molecule has 0 spiro atoms. The lowest BCUT2D eigenvalue weighted by molar-refractivity contribution is -0.143. The van der Waals surface area contributed by atoms with E-state index in [4.69, 9.17) is 40.1 Å². The maximum absolute atomic E-state index is 14.8. The molecule has 2 aromatic carbocycles. The third-order valence-electron chi connectivity index (χ3n) is 14.8. The highest BCUT2D eigenvalue weighted by Crippen LogP contribution is 2.22. The van der Waals surface area contributed by atoms with Crippen molar-refractivity contribution in [2.24, 2.45) is 67.9 Å². The van der Waals surface area contributed by atoms with Crippen molar-refractivity contribution in [1.29, 1.82) is 0 Å². The standard InChI is InChI=1S/C57H91N17O12/c1-7-31(5)45(59)53(84)72-42(29-44(58)77)55(86)74-25-11-14-43(74)52(83)73-46(32(6)8-2)54(85)71-41(28-34-17-21-36(76)22-18-34)51(82)68-38(13-10-24-66-57(63)64)49(80)70-40(26-30(3)4)50(81)67-37(12-9-23-65-56(61)62)48(79)69-39(47(60)78)27-33-15-19-35(75)20-16-33/h15-22,30-32,37-43,45-46,75-76H,7-14,23-29,59H2,1-6H3,(H2,58,77)(H2,60,78)(H,67,81)(H,68,82)(H,69,79)(H,70,80)(H,71,85)(H,72,84)(H,73,83)(H4,61,62,65)(H4,63,64,66)/t31-,32-,37-,38-,39-,40-,41-,42-,43-,45-,46-/m0/s1. The number of nitrogens with one attached hydrogen (secondary N) is 7. The molecule has 29 heteroatoms. The molecular weight excluding hydrogens is 1110 g/mol. The summed E-state index contributed by atoms with van der Waals surface area (Å²) in [6.07, 6.45) is 0.695. The van der Waals surface area contributed by atoms with E-state index in [1.165, 1.54) is 41.3 Å². The van der Waals surface area contributed by atoms with Crippen molar-refractivity contribution in [3.8, 4) is 11.5 Å². The molecule has 86 heavy (non-hydrogen) atoms. The van der Waals surface area contributed by atoms with E-state index in [1.54, 1.807) is 46.8 Å². The van der Waals surface area contributed by atoms with Gasteiger partial charge in [0, 0.05) is 32.5 Å². The number of benzene rings is 2. The van der Waals surface area contributed by atoms with Crippen molar-refractivity contribution in [3.05, 3.63) is 59.7 Å². The van der Waals surface area contributed by atoms with E-state index < -0.39 is 126 Å². The number of aliphatic imine (C=N–C) groups is 2. The topological polar surface area (TPSA) is 505 Å². The maximum atomic E-state index is 14.8. The second kappa shape index (κ2) is 35.5. The number of carbonyl (C=O) groups excluding carboxylic acids is 10. The van der Waals surface area contributed by atoms with Crippen LogP contribution in [0.3, 0.4) is 0 Å². The summed E-state index contributed by atoms with van der Waals surface area (Å²) in [4.78, 5) is 148. The van der Waals surface area contributed by atoms with Crippen LogP contribution in [0.25, 0.3) is 0 Å². The SMILES string of the molecule is CC[C@H](C)[C@H](N)C(=O)N[C@@H](CC(N)=O)C(=O)N1CCC[C@H]1C(=O)N[C@H](C(=O)N[C@@H](Cc1ccc(O)cc1)C(=O)N[C@@H](CCCN=C(N)N)C(=O)N[C@@H](CC(C)C)C(=O)N[C@@H](CCCN=C(N)N)C(=O)N[C@@H](Cc1ccc(O)cc1)C(N)=O)[C@@H](C)CC. The summed E-state index contributed by atoms with van der Waals surface area (Å²) >= 11 is 0. The first kappa shape index (κ1) is 71.5. The fourth-order valence-electron chi connectivity index (χ4n) is 9.40. The lowest BCUT2D eigenvalue weighted by Gasteiger charge is -2.32. The van der Waals surface area contributed by atoms with Crippen LogP contribution in [0.15, 0.2) is 58.5 Å². The molecule has 11 atom stereocenters. The normalized spacial score (nSPS) is 16.4. The van der Waals surface area contributed by atoms with Crippen LogP contribution in [0.5, 0.6) is 11.5 Å². The predicted octanol–water partition coefficient (Wildman–Crippen LogP) is -2.80. The lowest BCUT2D eigenvalue weighted by atomic mass is 9.96. The number of likely N-dealkylation sites (tertiary alicyclic amines) is 1. The summed E-state index contributed by atoms with van der Waals surface area (Å²) in [5, 5.41) is 38.7. The maximum Gasteiger partial charge on any atom is 0.246 e. The Morgan fingerprint density at radius 3 is 1.44 bits per heavy atom. The Kier molecular flexibility index (Phi) is 29.5. The Hall–Kier alpha value is -8.76. The molecule has 1 aliphatic rings. The molecule has 0 aliphatic carbocycles. The molecule has 0 saturated carbocycles. The van der Waals surface area contributed by atoms with Crippen molar-refractivity contribution >= 4 is 71.0 Å². The zero-order chi connectivity index (χ0) is 64.4. The van der Waals surface area contributed by atoms with Crippen molar-refractivity contribution in [2.75, 3.05) is 19.6 Å². The van der Waals surface area contributed by atoms with Gasteiger partial charge in [-0.1, -0.05) is 78.6 Å². The predicted molar refractivity (Wildman–Crippen MR) is 321 cm³/mol. The number of hydrogen-bond acceptors (Lipinski definition) is 15. The van der Waals surface area contributed by atoms with Gasteiger partial charge in [-0.3, -0.25) is 57.9 Å². The minimum absolute atomic E-state index is 0.00832. The van der Waals surface area contributed by atoms with Crippen molar-refractivity contribution in [1.82, 2.24) is 42.1 Å². The van der Waals surface area contributed by atoms with Gasteiger partial charge in [-0.25, -0.2) is 0 Å². The van der Waals surface area contributed by atoms with Gasteiger partial charge in [-0.15, -0.1) is 0 Å². The number of amides is 10. The fraction of sp³-hybridized carbons (Fsp3) is 0.579. The first-order valence-electron chi connectivity index (χ1n) is 29.0. The third-order valence-corrected chi connectivity index (χ3v) is 14.8. The van der Waals surface area contributed by atoms with Gasteiger partial charge < -0.3 is 92.5 Å². The van der Waals surface area contributed by atoms with Crippen LogP contribution < -0.4 is 77.4 Å². The summed E-state index contributed by atoms with van der Waals surface area (Å²) in [7, 11) is 0. The molecule has 0 bridgehead atoms. The zero-order valence-electron chi connectivity index (χ0n) is 50.0. The summed E-state index contributed by atoms with van der Waals surface area (Å²) in [6, 6.07) is -0.0792. The van der Waals surface area contributed by atoms with Gasteiger partial charge in [-0.2, -0.15) is 0 Å². The third kappa shape index (κ3) is 24.1. The highest BCUT2D eigenvalue weighted by Gasteiger charge is 2.41. The van der Waals surface area contributed by atoms with E-state index in [0.29, 0.717) is 30.4 Å². The fourth-order valence-corrected chi connectivity index (χ4v) is 9.40. The van der Waals surface area contributed by atoms with Gasteiger partial charge in [0.25, 0.3) is 0 Å². The summed E-state index contributed by atoms with van der Waals surface area (Å²) in [5.41, 5.74) is 40.5. The summed E-state index contributed by atoms with van der Waals surface area (Å²) in [5.74, 6) is -9.77. The average Bonchev–Trinajstić information content (AvgIpc) is 2.58. The molecule has 10 amide bonds. The van der Waals surface area contributed by atoms with Gasteiger partial charge in [0.2, 0.25) is 59.1 Å². The van der Waals surface area contributed by atoms with E-state index in [0.717, 1.165) is 0 Å². The van der Waals surface area contributed by atoms with Gasteiger partial charge >= 0.3 is 0 Å². The summed E-state index contributed by atoms with van der Waals surface area (Å²) in [6.45, 7) is 10.8. The van der Waals surface area contributed by atoms with Crippen molar-refractivity contribution < 1.29 is 58.2 Å². The molecule has 1 aliphatic heterocycles. The van der Waals surface area contributed by atoms with E-state index >= 15 is 0 Å². The molecular formula is C57H91N17O12. The van der Waals surface area contributed by atoms with Crippen molar-refractivity contribution in [3.63, 3.8) is 0 Å². The Morgan fingerprint density at radius 2 is 0.988 bits per heavy atom. The smallest absolute Gasteiger partial charge is 0.246 e. The number of aromatic hydroxyl groups is 2. The van der Waals surface area contributed by atoms with E-state index in [9.17, 15) is 58.2 Å². The quantitative estimate of drug-likeness (QED) is 0.0186. The minimum atomic E-state index is -1.47. The number of rotatable bonds is 36. The molecule has 2 aromatic rings. The first-order chi connectivity index (χ1) is 40.5. The number of carbonyl (C=O) groups is 10. The molecule has 29 nitrogen and oxygen atoms in total. The van der Waals surface area contributed by atoms with Crippen molar-refractivity contribution in [2.45, 2.75) is 173 Å². The molecule has 23 N–H and O–H groups in total. The van der Waals surface area contributed by atoms with E-state index in [-0.39, 0.29) is 106 Å². The number of hydrogen-bond donors (Lipinski definition) is 16. The summed E-state index contributed by atoms with van der Waals surface area (Å²) < 4.78 is 0. The Labute approximate surface area is 501 Å². The van der Waals surface area contributed by atoms with Gasteiger partial charge in [0.05, 0.1) is 12.5 Å². The molecule has 1 heterocycles. The van der Waals surface area contributed by atoms with Crippen LogP contribution in [0.1, 0.15) is 117 Å². The Bertz CT molecular complexity index is 2680. The van der Waals surface area contributed by atoms with Gasteiger partial charge in [-0.05, 0) is 98.1 Å². The van der Waals surface area contributed by atoms with E-state index in [2.05, 4.69) is 47.2 Å². The van der Waals surface area contributed by atoms with Gasteiger partial charge in [0.1, 0.15) is 59.8 Å². The second-order valence-electron chi connectivity index (χ2n) is 22.2. The monoisotopic (exact) mass is 1210 g/mol. The number of guanidine groups is 2. The highest BCUT2D eigenvalue weighted by molar-refractivity contribution is 5.99. The number of nitrogens with two attached hydrogens (primary N) is 7. The molecule has 1 saturated heterocycles. The number of phenols is 2. The number of primary amides is 2. The van der Waals surface area contributed by atoms with Gasteiger partial charge in [0.15, 0.2) is 11.9 Å². The van der Waals surface area contributed by atoms with Crippen LogP contribution >= 0.6 is 0 Å². The Balaban J connectivity index is 1.98. The molecule has 0 radical (unpaired) electrons. The lowest BCUT2D eigenvalue weighted by Crippen LogP contribution is -2.61. The second-order valence-corrected chi connectivity index (χ2v) is 22.2. The first-order valence-corrected chi connectivity index (χ1v) is 29.0. The largest absolute Gasteiger partial charge is 0.508 e. The number of phenolic OH excluding ortho intramolecular Hbond substituents is 2. The molecule has 0 unspecified atom stereocenters. The zero-order valence-corrected chi connectivity index (χ0v) is 50.0. The average molecular weight is 1210 g/mol. The molecule has 476 valence electrons. The minimum Gasteiger partial charge on any atom is -0.508 e. The van der Waals surface area contributed by atoms with Crippen LogP contribution in [-0.2, 0) is 60.8 Å². The van der Waals surface area contributed by atoms with E-state index in [1.807, 2.05) is 6.92 Å². The van der Waals surface area contributed by atoms with Crippen LogP contribution in [0, 0.1) is 17.8 Å². The molecule has 1 fully saturated rings. The molecule has 0 aromatic heterocycles. The molecule has 3 rings (SSSR count). The Morgan fingerprint density at radius 1 is 0.558 bits per heavy atom. The number of nitrogens with zero attached hydrogens (tertiary/aromatic N) is 3. The highest BCUT2D eigenvalue weighted by atomic mass is 16.3. The van der Waals surface area contributed by atoms with Crippen LogP contribution in [0.2, 0.25) is 0 Å².